The van der Waals surface area contributed by atoms with Crippen LogP contribution in [0.25, 0.3) is 17.3 Å². The minimum absolute atomic E-state index is 0.118. The Labute approximate surface area is 190 Å². The lowest BCUT2D eigenvalue weighted by molar-refractivity contribution is -0.135. The fourth-order valence-electron chi connectivity index (χ4n) is 2.78. The number of methoxy groups -OCH3 is 1. The van der Waals surface area contributed by atoms with E-state index in [1.807, 2.05) is 0 Å². The van der Waals surface area contributed by atoms with E-state index in [0.29, 0.717) is 34.0 Å². The molecule has 0 saturated heterocycles. The second kappa shape index (κ2) is 9.97. The SMILES string of the molecule is COC(=O)/C=C/c1ccc(OCc2c(-c3ccc(Cl)cc3)nsc2C(F)(F)F)cc1C=O. The first kappa shape index (κ1) is 23.5. The molecule has 0 bridgehead atoms. The molecule has 166 valence electrons. The van der Waals surface area contributed by atoms with Gasteiger partial charge in [-0.05, 0) is 47.4 Å². The van der Waals surface area contributed by atoms with Crippen molar-refractivity contribution in [1.29, 1.82) is 0 Å². The first-order valence-electron chi connectivity index (χ1n) is 9.02. The maximum atomic E-state index is 13.5. The van der Waals surface area contributed by atoms with Crippen LogP contribution in [-0.2, 0) is 22.3 Å². The summed E-state index contributed by atoms with van der Waals surface area (Å²) in [7, 11) is 1.22. The third-order valence-corrected chi connectivity index (χ3v) is 5.52. The van der Waals surface area contributed by atoms with Crippen LogP contribution >= 0.6 is 23.1 Å². The van der Waals surface area contributed by atoms with Crippen LogP contribution in [-0.4, -0.2) is 23.7 Å². The van der Waals surface area contributed by atoms with Crippen LogP contribution in [0, 0.1) is 0 Å². The van der Waals surface area contributed by atoms with Crippen molar-refractivity contribution >= 4 is 41.5 Å². The molecule has 0 aliphatic heterocycles. The lowest BCUT2D eigenvalue weighted by Crippen LogP contribution is -2.08. The molecule has 3 aromatic rings. The van der Waals surface area contributed by atoms with Crippen molar-refractivity contribution in [2.24, 2.45) is 0 Å². The summed E-state index contributed by atoms with van der Waals surface area (Å²) in [6.07, 6.45) is -1.51. The van der Waals surface area contributed by atoms with Crippen LogP contribution in [0.4, 0.5) is 13.2 Å². The molecule has 1 aromatic heterocycles. The summed E-state index contributed by atoms with van der Waals surface area (Å²) < 4.78 is 54.6. The van der Waals surface area contributed by atoms with Crippen LogP contribution in [0.1, 0.15) is 26.4 Å². The van der Waals surface area contributed by atoms with Gasteiger partial charge in [-0.25, -0.2) is 4.79 Å². The van der Waals surface area contributed by atoms with Crippen LogP contribution in [0.5, 0.6) is 5.75 Å². The molecule has 32 heavy (non-hydrogen) atoms. The van der Waals surface area contributed by atoms with Gasteiger partial charge in [0.1, 0.15) is 17.2 Å². The van der Waals surface area contributed by atoms with Gasteiger partial charge < -0.3 is 9.47 Å². The van der Waals surface area contributed by atoms with Gasteiger partial charge in [-0.3, -0.25) is 4.79 Å². The van der Waals surface area contributed by atoms with Crippen molar-refractivity contribution in [3.8, 4) is 17.0 Å². The lowest BCUT2D eigenvalue weighted by atomic mass is 10.1. The zero-order valence-corrected chi connectivity index (χ0v) is 18.1. The third-order valence-electron chi connectivity index (χ3n) is 4.33. The summed E-state index contributed by atoms with van der Waals surface area (Å²) in [6.45, 7) is -0.418. The highest BCUT2D eigenvalue weighted by atomic mass is 35.5. The maximum Gasteiger partial charge on any atom is 0.427 e. The Morgan fingerprint density at radius 3 is 2.50 bits per heavy atom. The number of aromatic nitrogens is 1. The molecule has 0 amide bonds. The Hall–Kier alpha value is -3.17. The van der Waals surface area contributed by atoms with Crippen molar-refractivity contribution in [1.82, 2.24) is 4.37 Å². The molecule has 0 atom stereocenters. The van der Waals surface area contributed by atoms with E-state index in [4.69, 9.17) is 16.3 Å². The molecule has 0 aliphatic carbocycles. The fraction of sp³-hybridized carbons (Fsp3) is 0.136. The van der Waals surface area contributed by atoms with Gasteiger partial charge in [0.05, 0.1) is 12.8 Å². The number of alkyl halides is 3. The van der Waals surface area contributed by atoms with Gasteiger partial charge in [0.2, 0.25) is 0 Å². The average Bonchev–Trinajstić information content (AvgIpc) is 3.21. The summed E-state index contributed by atoms with van der Waals surface area (Å²) in [4.78, 5) is 21.8. The molecule has 0 radical (unpaired) electrons. The molecule has 0 unspecified atom stereocenters. The highest BCUT2D eigenvalue weighted by Gasteiger charge is 2.38. The number of ether oxygens (including phenoxy) is 2. The first-order valence-corrected chi connectivity index (χ1v) is 10.2. The molecular formula is C22H15ClF3NO4S. The summed E-state index contributed by atoms with van der Waals surface area (Å²) in [5.41, 5.74) is 1.11. The zero-order valence-electron chi connectivity index (χ0n) is 16.5. The van der Waals surface area contributed by atoms with E-state index in [0.717, 1.165) is 6.08 Å². The van der Waals surface area contributed by atoms with Crippen molar-refractivity contribution in [2.45, 2.75) is 12.8 Å². The molecule has 0 saturated carbocycles. The van der Waals surface area contributed by atoms with Crippen molar-refractivity contribution in [3.05, 3.63) is 75.1 Å². The molecule has 0 aliphatic rings. The second-order valence-electron chi connectivity index (χ2n) is 6.40. The number of benzene rings is 2. The minimum Gasteiger partial charge on any atom is -0.489 e. The van der Waals surface area contributed by atoms with E-state index in [1.165, 1.54) is 31.4 Å². The van der Waals surface area contributed by atoms with E-state index in [1.54, 1.807) is 24.3 Å². The topological polar surface area (TPSA) is 65.5 Å². The van der Waals surface area contributed by atoms with E-state index < -0.39 is 23.6 Å². The second-order valence-corrected chi connectivity index (χ2v) is 7.61. The average molecular weight is 482 g/mol. The largest absolute Gasteiger partial charge is 0.489 e. The standard InChI is InChI=1S/C22H15ClF3NO4S/c1-30-19(29)9-5-13-4-8-17(10-15(13)11-28)31-12-18-20(14-2-6-16(23)7-3-14)27-32-21(18)22(24,25)26/h2-11H,12H2,1H3/b9-5+. The molecule has 10 heteroatoms. The molecule has 0 spiro atoms. The predicted molar refractivity (Wildman–Crippen MR) is 115 cm³/mol. The van der Waals surface area contributed by atoms with Crippen LogP contribution in [0.3, 0.4) is 0 Å². The highest BCUT2D eigenvalue weighted by Crippen LogP contribution is 2.40. The quantitative estimate of drug-likeness (QED) is 0.233. The number of hydrogen-bond acceptors (Lipinski definition) is 6. The molecule has 1 heterocycles. The Balaban J connectivity index is 1.90. The molecule has 0 fully saturated rings. The Kier molecular flexibility index (Phi) is 7.32. The van der Waals surface area contributed by atoms with Gasteiger partial charge in [-0.1, -0.05) is 29.8 Å². The Bertz CT molecular complexity index is 1160. The maximum absolute atomic E-state index is 13.5. The number of carbonyl (C=O) groups excluding carboxylic acids is 2. The predicted octanol–water partition coefficient (Wildman–Crippen LogP) is 6.06. The van der Waals surface area contributed by atoms with Crippen LogP contribution in [0.15, 0.2) is 48.5 Å². The molecular weight excluding hydrogens is 467 g/mol. The van der Waals surface area contributed by atoms with Crippen LogP contribution in [0.2, 0.25) is 5.02 Å². The van der Waals surface area contributed by atoms with Gasteiger partial charge in [-0.15, -0.1) is 0 Å². The highest BCUT2D eigenvalue weighted by molar-refractivity contribution is 7.06. The Morgan fingerprint density at radius 2 is 1.88 bits per heavy atom. The van der Waals surface area contributed by atoms with E-state index in [2.05, 4.69) is 9.11 Å². The summed E-state index contributed by atoms with van der Waals surface area (Å²) in [6, 6.07) is 10.6. The van der Waals surface area contributed by atoms with Crippen molar-refractivity contribution in [2.75, 3.05) is 7.11 Å². The van der Waals surface area contributed by atoms with Gasteiger partial charge in [-0.2, -0.15) is 17.5 Å². The monoisotopic (exact) mass is 481 g/mol. The lowest BCUT2D eigenvalue weighted by Gasteiger charge is -2.12. The molecule has 3 rings (SSSR count). The van der Waals surface area contributed by atoms with Crippen molar-refractivity contribution in [3.63, 3.8) is 0 Å². The number of carbonyl (C=O) groups is 2. The number of rotatable bonds is 7. The van der Waals surface area contributed by atoms with Crippen LogP contribution < -0.4 is 4.74 Å². The summed E-state index contributed by atoms with van der Waals surface area (Å²) in [5, 5.41) is 0.445. The fourth-order valence-corrected chi connectivity index (χ4v) is 3.67. The van der Waals surface area contributed by atoms with Gasteiger partial charge in [0.25, 0.3) is 0 Å². The Morgan fingerprint density at radius 1 is 1.16 bits per heavy atom. The van der Waals surface area contributed by atoms with Gasteiger partial charge in [0, 0.05) is 27.8 Å². The van der Waals surface area contributed by atoms with E-state index >= 15 is 0 Å². The van der Waals surface area contributed by atoms with Crippen molar-refractivity contribution < 1.29 is 32.2 Å². The molecule has 5 nitrogen and oxygen atoms in total. The first-order chi connectivity index (χ1) is 15.2. The smallest absolute Gasteiger partial charge is 0.427 e. The number of esters is 1. The van der Waals surface area contributed by atoms with E-state index in [-0.39, 0.29) is 22.6 Å². The summed E-state index contributed by atoms with van der Waals surface area (Å²) >= 11 is 6.21. The van der Waals surface area contributed by atoms with E-state index in [9.17, 15) is 22.8 Å². The third kappa shape index (κ3) is 5.54. The zero-order chi connectivity index (χ0) is 23.3. The molecule has 0 N–H and O–H groups in total. The number of hydrogen-bond donors (Lipinski definition) is 0. The minimum atomic E-state index is -4.60. The normalized spacial score (nSPS) is 11.5. The number of nitrogens with zero attached hydrogens (tertiary/aromatic N) is 1. The molecule has 2 aromatic carbocycles. The van der Waals surface area contributed by atoms with Gasteiger partial charge >= 0.3 is 12.1 Å². The van der Waals surface area contributed by atoms with Gasteiger partial charge in [0.15, 0.2) is 6.29 Å². The summed E-state index contributed by atoms with van der Waals surface area (Å²) in [5.74, 6) is -0.412. The number of halogens is 4. The number of aldehydes is 1.